The Morgan fingerprint density at radius 3 is 1.42 bits per heavy atom. The van der Waals surface area contributed by atoms with Crippen LogP contribution in [0.25, 0.3) is 11.1 Å². The van der Waals surface area contributed by atoms with Crippen molar-refractivity contribution in [2.75, 3.05) is 9.80 Å². The summed E-state index contributed by atoms with van der Waals surface area (Å²) in [5, 5.41) is 0. The van der Waals surface area contributed by atoms with E-state index in [2.05, 4.69) is 170 Å². The second kappa shape index (κ2) is 14.4. The molecule has 0 spiro atoms. The standard InChI is InChI=1S/C46H46N2/c1-4-5-6-7-9-36-16-27-41(28-17-36)47(40-23-12-34(2)13-24-40)42-29-18-37(19-30-42)38-20-31-44(32-21-38)48(43-25-14-35(3)15-26-43)46-11-8-10-39-22-33-45(39)46/h8,10-21,23-32H,4-7,9,22,33H2,1-3H3. The second-order valence-corrected chi connectivity index (χ2v) is 13.3. The molecule has 0 saturated carbocycles. The molecule has 7 rings (SSSR count). The Labute approximate surface area is 287 Å². The van der Waals surface area contributed by atoms with Gasteiger partial charge in [-0.1, -0.05) is 110 Å². The number of rotatable bonds is 12. The molecule has 0 heterocycles. The van der Waals surface area contributed by atoms with Crippen LogP contribution in [-0.2, 0) is 19.3 Å². The molecular weight excluding hydrogens is 581 g/mol. The summed E-state index contributed by atoms with van der Waals surface area (Å²) >= 11 is 0. The monoisotopic (exact) mass is 626 g/mol. The predicted octanol–water partition coefficient (Wildman–Crippen LogP) is 13.1. The number of benzene rings is 6. The van der Waals surface area contributed by atoms with E-state index in [0.717, 1.165) is 18.5 Å². The van der Waals surface area contributed by atoms with Crippen LogP contribution in [0.4, 0.5) is 34.1 Å². The van der Waals surface area contributed by atoms with Crippen LogP contribution < -0.4 is 9.80 Å². The average molecular weight is 627 g/mol. The molecule has 1 aliphatic rings. The zero-order valence-corrected chi connectivity index (χ0v) is 28.6. The maximum Gasteiger partial charge on any atom is 0.0496 e. The highest BCUT2D eigenvalue weighted by molar-refractivity contribution is 5.82. The molecule has 6 aromatic rings. The molecule has 0 N–H and O–H groups in total. The van der Waals surface area contributed by atoms with Gasteiger partial charge < -0.3 is 9.80 Å². The first-order valence-electron chi connectivity index (χ1n) is 17.7. The minimum absolute atomic E-state index is 1.14. The summed E-state index contributed by atoms with van der Waals surface area (Å²) in [7, 11) is 0. The van der Waals surface area contributed by atoms with Gasteiger partial charge in [0.25, 0.3) is 0 Å². The Kier molecular flexibility index (Phi) is 9.43. The molecule has 0 saturated heterocycles. The second-order valence-electron chi connectivity index (χ2n) is 13.3. The third kappa shape index (κ3) is 6.80. The topological polar surface area (TPSA) is 6.48 Å². The summed E-state index contributed by atoms with van der Waals surface area (Å²) in [6.45, 7) is 6.56. The Morgan fingerprint density at radius 2 is 0.938 bits per heavy atom. The lowest BCUT2D eigenvalue weighted by atomic mass is 9.86. The van der Waals surface area contributed by atoms with Crippen molar-refractivity contribution in [2.24, 2.45) is 0 Å². The molecule has 0 radical (unpaired) electrons. The number of anilines is 6. The first-order valence-corrected chi connectivity index (χ1v) is 17.7. The number of nitrogens with zero attached hydrogens (tertiary/aromatic N) is 2. The van der Waals surface area contributed by atoms with Gasteiger partial charge in [0.15, 0.2) is 0 Å². The Bertz CT molecular complexity index is 1940. The van der Waals surface area contributed by atoms with Crippen LogP contribution in [-0.4, -0.2) is 0 Å². The fourth-order valence-corrected chi connectivity index (χ4v) is 6.87. The van der Waals surface area contributed by atoms with Crippen molar-refractivity contribution in [1.82, 2.24) is 0 Å². The van der Waals surface area contributed by atoms with E-state index < -0.39 is 0 Å². The van der Waals surface area contributed by atoms with Crippen molar-refractivity contribution >= 4 is 34.1 Å². The van der Waals surface area contributed by atoms with Gasteiger partial charge in [-0.05, 0) is 134 Å². The van der Waals surface area contributed by atoms with Crippen molar-refractivity contribution in [3.63, 3.8) is 0 Å². The maximum absolute atomic E-state index is 2.42. The van der Waals surface area contributed by atoms with E-state index >= 15 is 0 Å². The average Bonchev–Trinajstić information content (AvgIpc) is 3.11. The molecule has 6 aromatic carbocycles. The van der Waals surface area contributed by atoms with Gasteiger partial charge in [-0.2, -0.15) is 0 Å². The van der Waals surface area contributed by atoms with Crippen LogP contribution in [0.3, 0.4) is 0 Å². The quantitative estimate of drug-likeness (QED) is 0.125. The highest BCUT2D eigenvalue weighted by atomic mass is 15.1. The van der Waals surface area contributed by atoms with E-state index in [1.165, 1.54) is 99.5 Å². The maximum atomic E-state index is 2.42. The van der Waals surface area contributed by atoms with Crippen LogP contribution >= 0.6 is 0 Å². The summed E-state index contributed by atoms with van der Waals surface area (Å²) in [5.41, 5.74) is 16.5. The molecule has 0 aromatic heterocycles. The molecule has 48 heavy (non-hydrogen) atoms. The summed E-state index contributed by atoms with van der Waals surface area (Å²) in [6, 6.07) is 51.7. The SMILES string of the molecule is CCCCCCc1ccc(N(c2ccc(C)cc2)c2ccc(-c3ccc(N(c4ccc(C)cc4)c4cccc5c4CC5)cc3)cc2)cc1. The minimum atomic E-state index is 1.14. The van der Waals surface area contributed by atoms with Gasteiger partial charge in [0.05, 0.1) is 0 Å². The Balaban J connectivity index is 1.16. The molecule has 0 bridgehead atoms. The third-order valence-corrected chi connectivity index (χ3v) is 9.82. The first kappa shape index (κ1) is 31.5. The van der Waals surface area contributed by atoms with E-state index in [1.54, 1.807) is 0 Å². The van der Waals surface area contributed by atoms with Gasteiger partial charge in [0.2, 0.25) is 0 Å². The lowest BCUT2D eigenvalue weighted by molar-refractivity contribution is 0.667. The molecule has 1 aliphatic carbocycles. The van der Waals surface area contributed by atoms with E-state index in [0.29, 0.717) is 0 Å². The van der Waals surface area contributed by atoms with Crippen LogP contribution in [0.15, 0.2) is 140 Å². The lowest BCUT2D eigenvalue weighted by Crippen LogP contribution is -2.17. The molecule has 2 nitrogen and oxygen atoms in total. The first-order chi connectivity index (χ1) is 23.6. The summed E-state index contributed by atoms with van der Waals surface area (Å²) < 4.78 is 0. The molecule has 0 atom stereocenters. The number of hydrogen-bond donors (Lipinski definition) is 0. The fraction of sp³-hybridized carbons (Fsp3) is 0.217. The van der Waals surface area contributed by atoms with E-state index in [4.69, 9.17) is 0 Å². The minimum Gasteiger partial charge on any atom is -0.311 e. The van der Waals surface area contributed by atoms with Crippen LogP contribution in [0.5, 0.6) is 0 Å². The van der Waals surface area contributed by atoms with E-state index in [-0.39, 0.29) is 0 Å². The number of hydrogen-bond acceptors (Lipinski definition) is 2. The van der Waals surface area contributed by atoms with Crippen molar-refractivity contribution in [3.05, 3.63) is 167 Å². The van der Waals surface area contributed by atoms with Gasteiger partial charge >= 0.3 is 0 Å². The molecule has 0 amide bonds. The van der Waals surface area contributed by atoms with Gasteiger partial charge in [-0.3, -0.25) is 0 Å². The lowest BCUT2D eigenvalue weighted by Gasteiger charge is -2.32. The largest absolute Gasteiger partial charge is 0.311 e. The van der Waals surface area contributed by atoms with Crippen LogP contribution in [0, 0.1) is 13.8 Å². The van der Waals surface area contributed by atoms with Crippen molar-refractivity contribution < 1.29 is 0 Å². The number of fused-ring (bicyclic) bond motifs is 1. The van der Waals surface area contributed by atoms with Crippen LogP contribution in [0.2, 0.25) is 0 Å². The normalized spacial score (nSPS) is 11.9. The summed E-state index contributed by atoms with van der Waals surface area (Å²) in [5.74, 6) is 0. The molecule has 0 aliphatic heterocycles. The zero-order chi connectivity index (χ0) is 32.9. The van der Waals surface area contributed by atoms with Crippen molar-refractivity contribution in [2.45, 2.75) is 65.7 Å². The van der Waals surface area contributed by atoms with Gasteiger partial charge in [-0.25, -0.2) is 0 Å². The predicted molar refractivity (Wildman–Crippen MR) is 206 cm³/mol. The molecule has 0 fully saturated rings. The van der Waals surface area contributed by atoms with Gasteiger partial charge in [0, 0.05) is 34.1 Å². The Morgan fingerprint density at radius 1 is 0.458 bits per heavy atom. The van der Waals surface area contributed by atoms with Crippen molar-refractivity contribution in [1.29, 1.82) is 0 Å². The fourth-order valence-electron chi connectivity index (χ4n) is 6.87. The third-order valence-electron chi connectivity index (χ3n) is 9.82. The molecule has 0 unspecified atom stereocenters. The summed E-state index contributed by atoms with van der Waals surface area (Å²) in [4.78, 5) is 4.78. The number of aryl methyl sites for hydroxylation is 4. The molecule has 2 heteroatoms. The van der Waals surface area contributed by atoms with E-state index in [1.807, 2.05) is 0 Å². The van der Waals surface area contributed by atoms with Gasteiger partial charge in [-0.15, -0.1) is 0 Å². The smallest absolute Gasteiger partial charge is 0.0496 e. The van der Waals surface area contributed by atoms with Crippen LogP contribution in [0.1, 0.15) is 60.4 Å². The van der Waals surface area contributed by atoms with Crippen molar-refractivity contribution in [3.8, 4) is 11.1 Å². The highest BCUT2D eigenvalue weighted by Gasteiger charge is 2.22. The molecular formula is C46H46N2. The number of unbranched alkanes of at least 4 members (excludes halogenated alkanes) is 3. The van der Waals surface area contributed by atoms with E-state index in [9.17, 15) is 0 Å². The summed E-state index contributed by atoms with van der Waals surface area (Å²) in [6.07, 6.45) is 8.62. The van der Waals surface area contributed by atoms with Gasteiger partial charge in [0.1, 0.15) is 0 Å². The zero-order valence-electron chi connectivity index (χ0n) is 28.6. The Hall–Kier alpha value is -5.08. The molecule has 240 valence electrons. The highest BCUT2D eigenvalue weighted by Crippen LogP contribution is 2.42.